The second kappa shape index (κ2) is 14.4. The van der Waals surface area contributed by atoms with E-state index in [2.05, 4.69) is 89.2 Å². The molecule has 2 unspecified atom stereocenters. The van der Waals surface area contributed by atoms with Crippen LogP contribution >= 0.6 is 0 Å². The molecule has 7 nitrogen and oxygen atoms in total. The summed E-state index contributed by atoms with van der Waals surface area (Å²) in [5.74, 6) is 1.64. The Morgan fingerprint density at radius 1 is 1.04 bits per heavy atom. The van der Waals surface area contributed by atoms with Crippen molar-refractivity contribution in [3.8, 4) is 6.07 Å². The lowest BCUT2D eigenvalue weighted by Crippen LogP contribution is -2.60. The van der Waals surface area contributed by atoms with Crippen molar-refractivity contribution in [3.63, 3.8) is 0 Å². The zero-order chi connectivity index (χ0) is 34.9. The Balaban J connectivity index is 1.10. The third kappa shape index (κ3) is 7.64. The van der Waals surface area contributed by atoms with Gasteiger partial charge < -0.3 is 9.47 Å². The number of likely N-dealkylation sites (tertiary alicyclic amines) is 1. The summed E-state index contributed by atoms with van der Waals surface area (Å²) in [4.78, 5) is 16.8. The van der Waals surface area contributed by atoms with Gasteiger partial charge in [-0.15, -0.1) is 0 Å². The summed E-state index contributed by atoms with van der Waals surface area (Å²) < 4.78 is 16.7. The van der Waals surface area contributed by atoms with E-state index in [9.17, 15) is 9.65 Å². The van der Waals surface area contributed by atoms with Crippen molar-refractivity contribution >= 4 is 27.6 Å². The minimum atomic E-state index is -1.25. The summed E-state index contributed by atoms with van der Waals surface area (Å²) in [6.45, 7) is 22.8. The minimum Gasteiger partial charge on any atom is -0.355 e. The average Bonchev–Trinajstić information content (AvgIpc) is 3.41. The maximum atomic E-state index is 14.4. The van der Waals surface area contributed by atoms with Gasteiger partial charge in [-0.25, -0.2) is 14.4 Å². The van der Waals surface area contributed by atoms with Crippen LogP contribution in [0.15, 0.2) is 42.7 Å². The molecule has 0 N–H and O–H groups in total. The molecule has 49 heavy (non-hydrogen) atoms. The maximum absolute atomic E-state index is 14.4. The van der Waals surface area contributed by atoms with Gasteiger partial charge in [-0.2, -0.15) is 5.26 Å². The van der Waals surface area contributed by atoms with Crippen molar-refractivity contribution in [2.45, 2.75) is 105 Å². The molecule has 2 aliphatic heterocycles. The number of hydrogen-bond donors (Lipinski definition) is 0. The number of aryl methyl sites for hydroxylation is 1. The molecule has 8 heteroatoms. The fraction of sp³-hybridized carbons (Fsp3) is 0.585. The smallest absolute Gasteiger partial charge is 0.139 e. The first-order valence-corrected chi connectivity index (χ1v) is 18.6. The van der Waals surface area contributed by atoms with E-state index < -0.39 is 5.67 Å². The molecule has 2 aliphatic rings. The van der Waals surface area contributed by atoms with E-state index in [-0.39, 0.29) is 0 Å². The van der Waals surface area contributed by atoms with Crippen LogP contribution in [0.25, 0.3) is 21.8 Å². The van der Waals surface area contributed by atoms with Crippen LogP contribution in [0.4, 0.5) is 10.2 Å². The zero-order valence-corrected chi connectivity index (χ0v) is 30.9. The van der Waals surface area contributed by atoms with E-state index in [0.717, 1.165) is 86.8 Å². The summed E-state index contributed by atoms with van der Waals surface area (Å²) in [5, 5.41) is 12.4. The highest BCUT2D eigenvalue weighted by molar-refractivity contribution is 5.90. The van der Waals surface area contributed by atoms with Gasteiger partial charge in [0.1, 0.15) is 29.6 Å². The SMILES string of the molecule is CCCN(CC(C)CC)C(C)Cn1c(C#N)cc2c(C)c(CN3CCC4(CC3)CN(c3ncnc5ccc(CC(C)(C)F)cc35)C4)ccc21. The Kier molecular flexibility index (Phi) is 10.3. The first-order chi connectivity index (χ1) is 23.4. The molecule has 0 aliphatic carbocycles. The van der Waals surface area contributed by atoms with Gasteiger partial charge in [0.25, 0.3) is 0 Å². The lowest BCUT2D eigenvalue weighted by Gasteiger charge is -2.54. The maximum Gasteiger partial charge on any atom is 0.139 e. The molecule has 2 aromatic heterocycles. The van der Waals surface area contributed by atoms with Crippen LogP contribution < -0.4 is 4.90 Å². The van der Waals surface area contributed by atoms with Crippen LogP contribution in [0.2, 0.25) is 0 Å². The largest absolute Gasteiger partial charge is 0.355 e. The predicted octanol–water partition coefficient (Wildman–Crippen LogP) is 8.30. The lowest BCUT2D eigenvalue weighted by molar-refractivity contribution is 0.0720. The molecule has 0 amide bonds. The van der Waals surface area contributed by atoms with Crippen LogP contribution in [0.5, 0.6) is 0 Å². The molecule has 0 bridgehead atoms. The third-order valence-electron chi connectivity index (χ3n) is 11.4. The van der Waals surface area contributed by atoms with Gasteiger partial charge in [-0.1, -0.05) is 39.3 Å². The van der Waals surface area contributed by atoms with Crippen LogP contribution in [0.3, 0.4) is 0 Å². The lowest BCUT2D eigenvalue weighted by atomic mass is 9.72. The molecule has 4 aromatic rings. The highest BCUT2D eigenvalue weighted by Crippen LogP contribution is 2.44. The van der Waals surface area contributed by atoms with Crippen LogP contribution in [-0.4, -0.2) is 75.3 Å². The fourth-order valence-corrected chi connectivity index (χ4v) is 8.26. The van der Waals surface area contributed by atoms with Gasteiger partial charge in [0.05, 0.1) is 5.52 Å². The van der Waals surface area contributed by atoms with Crippen molar-refractivity contribution in [1.29, 1.82) is 5.26 Å². The Labute approximate surface area is 293 Å². The van der Waals surface area contributed by atoms with Gasteiger partial charge in [0.15, 0.2) is 0 Å². The van der Waals surface area contributed by atoms with Crippen molar-refractivity contribution in [2.75, 3.05) is 44.2 Å². The van der Waals surface area contributed by atoms with E-state index in [1.165, 1.54) is 41.3 Å². The molecule has 2 atom stereocenters. The number of aromatic nitrogens is 3. The fourth-order valence-electron chi connectivity index (χ4n) is 8.26. The van der Waals surface area contributed by atoms with Crippen LogP contribution in [0.1, 0.15) is 89.6 Å². The van der Waals surface area contributed by atoms with E-state index in [1.807, 2.05) is 12.1 Å². The number of alkyl halides is 1. The third-order valence-corrected chi connectivity index (χ3v) is 11.4. The molecule has 0 radical (unpaired) electrons. The number of rotatable bonds is 13. The normalized spacial score (nSPS) is 17.9. The van der Waals surface area contributed by atoms with Gasteiger partial charge in [-0.05, 0) is 113 Å². The summed E-state index contributed by atoms with van der Waals surface area (Å²) in [6.07, 6.45) is 6.71. The molecular formula is C41H56FN7. The standard InChI is InChI=1S/C41H56FN7/c1-8-16-47(23-29(3)9-2)30(4)24-49-34(22-43)20-35-31(5)33(11-13-38(35)49)25-46-17-14-41(15-18-46)26-48(27-41)39-36-19-32(21-40(6,7)42)10-12-37(36)44-28-45-39/h10-13,19-20,28-30H,8-9,14-18,21,23-27H2,1-7H3. The number of hydrogen-bond acceptors (Lipinski definition) is 6. The van der Waals surface area contributed by atoms with Gasteiger partial charge in [0.2, 0.25) is 0 Å². The second-order valence-corrected chi connectivity index (χ2v) is 16.0. The molecule has 2 fully saturated rings. The minimum absolute atomic E-state index is 0.321. The Morgan fingerprint density at radius 3 is 2.47 bits per heavy atom. The van der Waals surface area contributed by atoms with E-state index in [1.54, 1.807) is 20.2 Å². The number of halogens is 1. The molecule has 4 heterocycles. The van der Waals surface area contributed by atoms with E-state index >= 15 is 0 Å². The monoisotopic (exact) mass is 665 g/mol. The number of benzene rings is 2. The molecule has 262 valence electrons. The molecule has 0 saturated carbocycles. The Morgan fingerprint density at radius 2 is 1.80 bits per heavy atom. The molecule has 1 spiro atoms. The van der Waals surface area contributed by atoms with Crippen LogP contribution in [0, 0.1) is 29.6 Å². The van der Waals surface area contributed by atoms with Gasteiger partial charge in [-0.3, -0.25) is 9.80 Å². The molecule has 6 rings (SSSR count). The van der Waals surface area contributed by atoms with Crippen molar-refractivity contribution in [2.24, 2.45) is 11.3 Å². The number of nitriles is 1. The van der Waals surface area contributed by atoms with Crippen molar-refractivity contribution < 1.29 is 4.39 Å². The Bertz CT molecular complexity index is 1800. The first kappa shape index (κ1) is 35.3. The Hall–Kier alpha value is -3.54. The predicted molar refractivity (Wildman–Crippen MR) is 200 cm³/mol. The number of nitrogens with zero attached hydrogens (tertiary/aromatic N) is 7. The highest BCUT2D eigenvalue weighted by Gasteiger charge is 2.45. The number of anilines is 1. The van der Waals surface area contributed by atoms with Crippen LogP contribution in [-0.2, 0) is 19.5 Å². The zero-order valence-electron chi connectivity index (χ0n) is 30.9. The van der Waals surface area contributed by atoms with Crippen molar-refractivity contribution in [3.05, 3.63) is 65.1 Å². The average molecular weight is 666 g/mol. The molecule has 2 aromatic carbocycles. The molecule has 2 saturated heterocycles. The van der Waals surface area contributed by atoms with E-state index in [0.29, 0.717) is 23.8 Å². The molecular weight excluding hydrogens is 609 g/mol. The van der Waals surface area contributed by atoms with Gasteiger partial charge >= 0.3 is 0 Å². The number of piperidine rings is 1. The second-order valence-electron chi connectivity index (χ2n) is 16.0. The summed E-state index contributed by atoms with van der Waals surface area (Å²) in [7, 11) is 0. The summed E-state index contributed by atoms with van der Waals surface area (Å²) >= 11 is 0. The topological polar surface area (TPSA) is 64.2 Å². The summed E-state index contributed by atoms with van der Waals surface area (Å²) in [5.41, 5.74) is 5.56. The summed E-state index contributed by atoms with van der Waals surface area (Å²) in [6, 6.07) is 15.6. The quantitative estimate of drug-likeness (QED) is 0.143. The number of fused-ring (bicyclic) bond motifs is 2. The van der Waals surface area contributed by atoms with Crippen molar-refractivity contribution in [1.82, 2.24) is 24.3 Å². The van der Waals surface area contributed by atoms with E-state index in [4.69, 9.17) is 4.98 Å². The highest BCUT2D eigenvalue weighted by atomic mass is 19.1. The van der Waals surface area contributed by atoms with Gasteiger partial charge in [0, 0.05) is 66.9 Å². The first-order valence-electron chi connectivity index (χ1n) is 18.6.